The van der Waals surface area contributed by atoms with Gasteiger partial charge in [-0.3, -0.25) is 4.79 Å². The molecule has 0 aromatic heterocycles. The third kappa shape index (κ3) is 12.9. The summed E-state index contributed by atoms with van der Waals surface area (Å²) in [5.74, 6) is -0.222. The lowest BCUT2D eigenvalue weighted by molar-refractivity contribution is -0.143. The Balaban J connectivity index is 3.13. The van der Waals surface area contributed by atoms with Gasteiger partial charge in [0, 0.05) is 26.2 Å². The standard InChI is InChI=1S/C14H24O4/c1-4-7-16-8-5-9-17-10-6-11-18-14(15)12-13(2)3/h4H,1-2,5-12H2,3H3. The molecular formula is C14H24O4. The maximum absolute atomic E-state index is 11.1. The lowest BCUT2D eigenvalue weighted by Crippen LogP contribution is -2.09. The summed E-state index contributed by atoms with van der Waals surface area (Å²) >= 11 is 0. The van der Waals surface area contributed by atoms with Gasteiger partial charge in [-0.05, 0) is 13.3 Å². The Morgan fingerprint density at radius 1 is 1.11 bits per heavy atom. The lowest BCUT2D eigenvalue weighted by Gasteiger charge is -2.06. The topological polar surface area (TPSA) is 44.8 Å². The Bertz CT molecular complexity index is 248. The third-order valence-electron chi connectivity index (χ3n) is 1.96. The van der Waals surface area contributed by atoms with Gasteiger partial charge in [0.1, 0.15) is 0 Å². The average Bonchev–Trinajstić information content (AvgIpc) is 2.30. The zero-order valence-corrected chi connectivity index (χ0v) is 11.3. The zero-order chi connectivity index (χ0) is 13.6. The molecule has 0 aliphatic carbocycles. The van der Waals surface area contributed by atoms with Gasteiger partial charge in [0.15, 0.2) is 0 Å². The van der Waals surface area contributed by atoms with E-state index in [1.807, 2.05) is 0 Å². The fourth-order valence-electron chi connectivity index (χ4n) is 1.18. The van der Waals surface area contributed by atoms with Gasteiger partial charge in [-0.25, -0.2) is 0 Å². The van der Waals surface area contributed by atoms with Gasteiger partial charge in [-0.15, -0.1) is 6.58 Å². The number of esters is 1. The van der Waals surface area contributed by atoms with Crippen molar-refractivity contribution in [2.24, 2.45) is 0 Å². The molecule has 18 heavy (non-hydrogen) atoms. The van der Waals surface area contributed by atoms with Gasteiger partial charge in [0.25, 0.3) is 0 Å². The van der Waals surface area contributed by atoms with Crippen molar-refractivity contribution < 1.29 is 19.0 Å². The summed E-state index contributed by atoms with van der Waals surface area (Å²) in [7, 11) is 0. The van der Waals surface area contributed by atoms with E-state index in [9.17, 15) is 4.79 Å². The van der Waals surface area contributed by atoms with Crippen molar-refractivity contribution in [3.8, 4) is 0 Å². The molecule has 0 N–H and O–H groups in total. The normalized spacial score (nSPS) is 10.1. The molecule has 0 bridgehead atoms. The van der Waals surface area contributed by atoms with Crippen LogP contribution >= 0.6 is 0 Å². The number of ether oxygens (including phenoxy) is 3. The number of carbonyl (C=O) groups is 1. The Hall–Kier alpha value is -1.13. The molecule has 0 amide bonds. The first-order valence-corrected chi connectivity index (χ1v) is 6.23. The molecule has 0 saturated heterocycles. The number of hydrogen-bond donors (Lipinski definition) is 0. The molecule has 104 valence electrons. The number of hydrogen-bond acceptors (Lipinski definition) is 4. The minimum absolute atomic E-state index is 0.222. The molecule has 0 aromatic carbocycles. The monoisotopic (exact) mass is 256 g/mol. The van der Waals surface area contributed by atoms with E-state index in [1.54, 1.807) is 13.0 Å². The van der Waals surface area contributed by atoms with Gasteiger partial charge < -0.3 is 14.2 Å². The van der Waals surface area contributed by atoms with Crippen molar-refractivity contribution in [2.75, 3.05) is 33.0 Å². The maximum Gasteiger partial charge on any atom is 0.309 e. The lowest BCUT2D eigenvalue weighted by atomic mass is 10.2. The largest absolute Gasteiger partial charge is 0.465 e. The predicted octanol–water partition coefficient (Wildman–Crippen LogP) is 2.50. The Kier molecular flexibility index (Phi) is 11.6. The van der Waals surface area contributed by atoms with Crippen LogP contribution in [-0.2, 0) is 19.0 Å². The van der Waals surface area contributed by atoms with Crippen LogP contribution in [0.1, 0.15) is 26.2 Å². The molecule has 0 aliphatic rings. The zero-order valence-electron chi connectivity index (χ0n) is 11.3. The molecule has 0 unspecified atom stereocenters. The molecule has 0 radical (unpaired) electrons. The smallest absolute Gasteiger partial charge is 0.309 e. The van der Waals surface area contributed by atoms with E-state index in [4.69, 9.17) is 14.2 Å². The second-order valence-electron chi connectivity index (χ2n) is 4.04. The highest BCUT2D eigenvalue weighted by molar-refractivity contribution is 5.72. The van der Waals surface area contributed by atoms with Gasteiger partial charge in [0.05, 0.1) is 19.6 Å². The van der Waals surface area contributed by atoms with Crippen LogP contribution < -0.4 is 0 Å². The molecule has 0 fully saturated rings. The Morgan fingerprint density at radius 2 is 1.72 bits per heavy atom. The quantitative estimate of drug-likeness (QED) is 0.306. The Morgan fingerprint density at radius 3 is 2.33 bits per heavy atom. The maximum atomic E-state index is 11.1. The number of rotatable bonds is 12. The molecule has 0 saturated carbocycles. The first-order chi connectivity index (χ1) is 8.66. The highest BCUT2D eigenvalue weighted by atomic mass is 16.5. The number of carbonyl (C=O) groups excluding carboxylic acids is 1. The molecule has 0 rings (SSSR count). The van der Waals surface area contributed by atoms with Crippen LogP contribution in [0.5, 0.6) is 0 Å². The average molecular weight is 256 g/mol. The van der Waals surface area contributed by atoms with Crippen LogP contribution in [0.15, 0.2) is 24.8 Å². The first kappa shape index (κ1) is 16.9. The van der Waals surface area contributed by atoms with Crippen LogP contribution in [-0.4, -0.2) is 39.0 Å². The van der Waals surface area contributed by atoms with Crippen molar-refractivity contribution >= 4 is 5.97 Å². The summed E-state index contributed by atoms with van der Waals surface area (Å²) in [6.07, 6.45) is 3.60. The van der Waals surface area contributed by atoms with E-state index in [-0.39, 0.29) is 5.97 Å². The third-order valence-corrected chi connectivity index (χ3v) is 1.96. The van der Waals surface area contributed by atoms with Crippen LogP contribution in [0.2, 0.25) is 0 Å². The van der Waals surface area contributed by atoms with Crippen LogP contribution in [0.25, 0.3) is 0 Å². The van der Waals surface area contributed by atoms with Crippen molar-refractivity contribution in [2.45, 2.75) is 26.2 Å². The fourth-order valence-corrected chi connectivity index (χ4v) is 1.18. The molecule has 0 heterocycles. The summed E-state index contributed by atoms with van der Waals surface area (Å²) in [6, 6.07) is 0. The predicted molar refractivity (Wildman–Crippen MR) is 71.5 cm³/mol. The van der Waals surface area contributed by atoms with E-state index in [0.29, 0.717) is 39.5 Å². The van der Waals surface area contributed by atoms with Crippen LogP contribution in [0.4, 0.5) is 0 Å². The molecule has 0 spiro atoms. The summed E-state index contributed by atoms with van der Waals surface area (Å²) in [5, 5.41) is 0. The van der Waals surface area contributed by atoms with Gasteiger partial charge in [-0.1, -0.05) is 18.2 Å². The van der Waals surface area contributed by atoms with E-state index in [0.717, 1.165) is 18.4 Å². The first-order valence-electron chi connectivity index (χ1n) is 6.23. The van der Waals surface area contributed by atoms with E-state index >= 15 is 0 Å². The summed E-state index contributed by atoms with van der Waals surface area (Å²) in [6.45, 7) is 11.9. The summed E-state index contributed by atoms with van der Waals surface area (Å²) in [5.41, 5.74) is 0.816. The highest BCUT2D eigenvalue weighted by Crippen LogP contribution is 1.98. The van der Waals surface area contributed by atoms with Crippen molar-refractivity contribution in [1.29, 1.82) is 0 Å². The minimum Gasteiger partial charge on any atom is -0.465 e. The van der Waals surface area contributed by atoms with Gasteiger partial charge in [-0.2, -0.15) is 0 Å². The molecule has 4 nitrogen and oxygen atoms in total. The van der Waals surface area contributed by atoms with Crippen molar-refractivity contribution in [3.63, 3.8) is 0 Å². The highest BCUT2D eigenvalue weighted by Gasteiger charge is 2.01. The minimum atomic E-state index is -0.222. The van der Waals surface area contributed by atoms with Gasteiger partial charge >= 0.3 is 5.97 Å². The van der Waals surface area contributed by atoms with E-state index in [1.165, 1.54) is 0 Å². The molecule has 0 aliphatic heterocycles. The second kappa shape index (κ2) is 12.3. The SMILES string of the molecule is C=CCOCCCOCCCOC(=O)CC(=C)C. The molecular weight excluding hydrogens is 232 g/mol. The Labute approximate surface area is 110 Å². The van der Waals surface area contributed by atoms with Crippen LogP contribution in [0, 0.1) is 0 Å². The van der Waals surface area contributed by atoms with Gasteiger partial charge in [0.2, 0.25) is 0 Å². The van der Waals surface area contributed by atoms with Crippen LogP contribution in [0.3, 0.4) is 0 Å². The molecule has 0 atom stereocenters. The van der Waals surface area contributed by atoms with E-state index < -0.39 is 0 Å². The van der Waals surface area contributed by atoms with E-state index in [2.05, 4.69) is 13.2 Å². The van der Waals surface area contributed by atoms with Crippen molar-refractivity contribution in [1.82, 2.24) is 0 Å². The molecule has 4 heteroatoms. The molecule has 0 aromatic rings. The summed E-state index contributed by atoms with van der Waals surface area (Å²) in [4.78, 5) is 11.1. The summed E-state index contributed by atoms with van der Waals surface area (Å²) < 4.78 is 15.6. The fraction of sp³-hybridized carbons (Fsp3) is 0.643. The second-order valence-corrected chi connectivity index (χ2v) is 4.04. The van der Waals surface area contributed by atoms with Crippen molar-refractivity contribution in [3.05, 3.63) is 24.8 Å².